The number of aldehydes is 1. The number of phenols is 1. The lowest BCUT2D eigenvalue weighted by molar-refractivity contribution is 0.112. The van der Waals surface area contributed by atoms with E-state index < -0.39 is 34.9 Å². The standard InChI is InChI=1S/C30H25F2N5O6/c1-37-11-10-35-28(37)18-4-3-5-19(13-18)41-29-24(31)26(42-21-9-6-16(15-38)12-23(21)40-2)25(32)30(36-29)43-22-14-17(27(33)34)7-8-20(22)39/h3-9,12-15,39H,10-11H2,1-2H3,(H3,33,34). The first-order valence-electron chi connectivity index (χ1n) is 12.8. The fraction of sp³-hybridized carbons (Fsp3) is 0.133. The monoisotopic (exact) mass is 589 g/mol. The Balaban J connectivity index is 1.60. The molecule has 0 unspecified atom stereocenters. The second-order valence-corrected chi connectivity index (χ2v) is 9.26. The van der Waals surface area contributed by atoms with Crippen molar-refractivity contribution in [2.75, 3.05) is 27.2 Å². The van der Waals surface area contributed by atoms with Gasteiger partial charge in [0.05, 0.1) is 13.7 Å². The molecule has 0 spiro atoms. The lowest BCUT2D eigenvalue weighted by Gasteiger charge is -2.17. The third-order valence-corrected chi connectivity index (χ3v) is 6.36. The van der Waals surface area contributed by atoms with E-state index in [1.807, 2.05) is 18.0 Å². The number of ether oxygens (including phenoxy) is 4. The lowest BCUT2D eigenvalue weighted by atomic mass is 10.2. The third-order valence-electron chi connectivity index (χ3n) is 6.36. The first-order chi connectivity index (χ1) is 20.7. The quantitative estimate of drug-likeness (QED) is 0.128. The summed E-state index contributed by atoms with van der Waals surface area (Å²) in [6.45, 7) is 1.37. The summed E-state index contributed by atoms with van der Waals surface area (Å²) in [6, 6.07) is 14.4. The van der Waals surface area contributed by atoms with Crippen molar-refractivity contribution in [2.24, 2.45) is 10.7 Å². The Bertz CT molecular complexity index is 1760. The molecule has 5 rings (SSSR count). The third kappa shape index (κ3) is 6.00. The fourth-order valence-electron chi connectivity index (χ4n) is 4.18. The highest BCUT2D eigenvalue weighted by Crippen LogP contribution is 2.42. The van der Waals surface area contributed by atoms with Crippen LogP contribution < -0.4 is 24.7 Å². The van der Waals surface area contributed by atoms with Crippen LogP contribution in [-0.4, -0.2) is 60.2 Å². The Morgan fingerprint density at radius 3 is 2.44 bits per heavy atom. The van der Waals surface area contributed by atoms with Crippen molar-refractivity contribution in [3.8, 4) is 46.3 Å². The highest BCUT2D eigenvalue weighted by Gasteiger charge is 2.28. The second-order valence-electron chi connectivity index (χ2n) is 9.26. The molecule has 0 aliphatic carbocycles. The number of nitrogen functional groups attached to an aromatic ring is 1. The zero-order chi connectivity index (χ0) is 30.7. The summed E-state index contributed by atoms with van der Waals surface area (Å²) in [4.78, 5) is 21.5. The number of benzene rings is 3. The van der Waals surface area contributed by atoms with Crippen LogP contribution in [0.3, 0.4) is 0 Å². The van der Waals surface area contributed by atoms with Crippen LogP contribution in [0.1, 0.15) is 21.5 Å². The van der Waals surface area contributed by atoms with Crippen LogP contribution in [0.25, 0.3) is 0 Å². The molecule has 4 aromatic rings. The minimum Gasteiger partial charge on any atom is -0.504 e. The summed E-state index contributed by atoms with van der Waals surface area (Å²) < 4.78 is 53.8. The molecule has 3 aromatic carbocycles. The van der Waals surface area contributed by atoms with Crippen molar-refractivity contribution in [1.82, 2.24) is 9.88 Å². The topological polar surface area (TPSA) is 153 Å². The Morgan fingerprint density at radius 1 is 1.00 bits per heavy atom. The first kappa shape index (κ1) is 28.8. The molecule has 0 fully saturated rings. The van der Waals surface area contributed by atoms with Crippen LogP contribution in [0.2, 0.25) is 0 Å². The van der Waals surface area contributed by atoms with Gasteiger partial charge in [-0.3, -0.25) is 15.2 Å². The van der Waals surface area contributed by atoms with Gasteiger partial charge in [0.1, 0.15) is 23.7 Å². The van der Waals surface area contributed by atoms with Gasteiger partial charge in [-0.05, 0) is 48.5 Å². The number of amidine groups is 2. The molecule has 220 valence electrons. The van der Waals surface area contributed by atoms with Crippen LogP contribution >= 0.6 is 0 Å². The van der Waals surface area contributed by atoms with E-state index in [-0.39, 0.29) is 40.0 Å². The number of likely N-dealkylation sites (N-methyl/N-ethyl adjacent to an activating group) is 1. The highest BCUT2D eigenvalue weighted by atomic mass is 19.1. The molecule has 0 atom stereocenters. The zero-order valence-corrected chi connectivity index (χ0v) is 22.9. The fourth-order valence-corrected chi connectivity index (χ4v) is 4.18. The minimum atomic E-state index is -1.38. The molecule has 0 amide bonds. The molecule has 1 aromatic heterocycles. The predicted octanol–water partition coefficient (Wildman–Crippen LogP) is 5.24. The smallest absolute Gasteiger partial charge is 0.263 e. The number of carbonyl (C=O) groups is 1. The number of aromatic hydroxyl groups is 1. The van der Waals surface area contributed by atoms with Crippen LogP contribution in [0.5, 0.6) is 46.3 Å². The largest absolute Gasteiger partial charge is 0.504 e. The number of nitrogens with two attached hydrogens (primary N) is 1. The SMILES string of the molecule is COc1cc(C=O)ccc1Oc1c(F)c(Oc2cccc(C3=NCCN3C)c2)nc(Oc2cc(C(=N)N)ccc2O)c1F. The number of halogens is 2. The zero-order valence-electron chi connectivity index (χ0n) is 22.9. The molecule has 4 N–H and O–H groups in total. The van der Waals surface area contributed by atoms with Gasteiger partial charge in [0.2, 0.25) is 17.4 Å². The van der Waals surface area contributed by atoms with Crippen LogP contribution in [-0.2, 0) is 0 Å². The van der Waals surface area contributed by atoms with Crippen molar-refractivity contribution < 1.29 is 37.6 Å². The van der Waals surface area contributed by atoms with E-state index in [1.54, 1.807) is 18.2 Å². The number of hydrogen-bond acceptors (Lipinski definition) is 10. The highest BCUT2D eigenvalue weighted by molar-refractivity contribution is 6.00. The van der Waals surface area contributed by atoms with Gasteiger partial charge >= 0.3 is 0 Å². The number of pyridine rings is 1. The second kappa shape index (κ2) is 12.0. The van der Waals surface area contributed by atoms with Gasteiger partial charge in [-0.15, -0.1) is 0 Å². The number of hydrogen-bond donors (Lipinski definition) is 3. The van der Waals surface area contributed by atoms with Gasteiger partial charge in [-0.1, -0.05) is 12.1 Å². The number of aromatic nitrogens is 1. The van der Waals surface area contributed by atoms with E-state index in [9.17, 15) is 9.90 Å². The van der Waals surface area contributed by atoms with Crippen LogP contribution in [0.4, 0.5) is 8.78 Å². The minimum absolute atomic E-state index is 0.0195. The molecule has 11 nitrogen and oxygen atoms in total. The summed E-state index contributed by atoms with van der Waals surface area (Å²) in [5, 5.41) is 18.0. The van der Waals surface area contributed by atoms with E-state index >= 15 is 8.78 Å². The van der Waals surface area contributed by atoms with Crippen molar-refractivity contribution >= 4 is 18.0 Å². The van der Waals surface area contributed by atoms with E-state index in [4.69, 9.17) is 30.1 Å². The van der Waals surface area contributed by atoms with Gasteiger partial charge in [0.25, 0.3) is 11.8 Å². The summed E-state index contributed by atoms with van der Waals surface area (Å²) >= 11 is 0. The van der Waals surface area contributed by atoms with E-state index in [1.165, 1.54) is 43.5 Å². The van der Waals surface area contributed by atoms with Gasteiger partial charge < -0.3 is 34.7 Å². The molecule has 13 heteroatoms. The molecule has 0 saturated heterocycles. The summed E-state index contributed by atoms with van der Waals surface area (Å²) in [5.41, 5.74) is 6.65. The molecule has 1 aliphatic heterocycles. The summed E-state index contributed by atoms with van der Waals surface area (Å²) in [7, 11) is 3.18. The number of nitrogens with zero attached hydrogens (tertiary/aromatic N) is 3. The number of rotatable bonds is 10. The van der Waals surface area contributed by atoms with Gasteiger partial charge in [-0.2, -0.15) is 13.8 Å². The molecular weight excluding hydrogens is 564 g/mol. The number of methoxy groups -OCH3 is 1. The van der Waals surface area contributed by atoms with Gasteiger partial charge in [0, 0.05) is 30.3 Å². The van der Waals surface area contributed by atoms with Crippen molar-refractivity contribution in [1.29, 1.82) is 5.41 Å². The molecule has 0 saturated carbocycles. The maximum Gasteiger partial charge on any atom is 0.263 e. The average molecular weight is 590 g/mol. The Morgan fingerprint density at radius 2 is 1.77 bits per heavy atom. The maximum absolute atomic E-state index is 15.9. The van der Waals surface area contributed by atoms with Gasteiger partial charge in [-0.25, -0.2) is 0 Å². The Hall–Kier alpha value is -5.72. The maximum atomic E-state index is 15.9. The predicted molar refractivity (Wildman–Crippen MR) is 152 cm³/mol. The number of phenolic OH excluding ortho intramolecular Hbond substituents is 1. The van der Waals surface area contributed by atoms with Crippen molar-refractivity contribution in [3.63, 3.8) is 0 Å². The molecular formula is C30H25F2N5O6. The molecule has 0 bridgehead atoms. The van der Waals surface area contributed by atoms with E-state index in [2.05, 4.69) is 9.98 Å². The Kier molecular flexibility index (Phi) is 8.05. The number of carbonyl (C=O) groups excluding carboxylic acids is 1. The van der Waals surface area contributed by atoms with Crippen molar-refractivity contribution in [2.45, 2.75) is 0 Å². The average Bonchev–Trinajstić information content (AvgIpc) is 3.44. The normalized spacial score (nSPS) is 12.5. The molecule has 2 heterocycles. The van der Waals surface area contributed by atoms with E-state index in [0.717, 1.165) is 12.4 Å². The van der Waals surface area contributed by atoms with E-state index in [0.29, 0.717) is 18.4 Å². The summed E-state index contributed by atoms with van der Waals surface area (Å²) in [5.74, 6) is -5.50. The molecule has 43 heavy (non-hydrogen) atoms. The van der Waals surface area contributed by atoms with Crippen LogP contribution in [0, 0.1) is 17.0 Å². The lowest BCUT2D eigenvalue weighted by Crippen LogP contribution is -2.23. The Labute approximate surface area is 244 Å². The van der Waals surface area contributed by atoms with Gasteiger partial charge in [0.15, 0.2) is 23.0 Å². The number of nitrogens with one attached hydrogen (secondary N) is 1. The van der Waals surface area contributed by atoms with Crippen LogP contribution in [0.15, 0.2) is 65.7 Å². The molecule has 1 aliphatic rings. The summed E-state index contributed by atoms with van der Waals surface area (Å²) in [6.07, 6.45) is 0.572. The molecule has 0 radical (unpaired) electrons. The van der Waals surface area contributed by atoms with Crippen molar-refractivity contribution in [3.05, 3.63) is 89.0 Å². The first-order valence-corrected chi connectivity index (χ1v) is 12.8. The number of aliphatic imine (C=N–C) groups is 1.